The van der Waals surface area contributed by atoms with E-state index in [-0.39, 0.29) is 35.7 Å². The number of furan rings is 1. The number of nitrogens with two attached hydrogens (primary N) is 1. The van der Waals surface area contributed by atoms with E-state index < -0.39 is 0 Å². The average Bonchev–Trinajstić information content (AvgIpc) is 2.72. The minimum Gasteiger partial charge on any atom is -0.453 e. The summed E-state index contributed by atoms with van der Waals surface area (Å²) >= 11 is 0. The molecule has 1 atom stereocenters. The Morgan fingerprint density at radius 3 is 2.72 bits per heavy atom. The lowest BCUT2D eigenvalue weighted by Gasteiger charge is -2.15. The summed E-state index contributed by atoms with van der Waals surface area (Å²) in [5, 5.41) is 0.595. The molecular weight excluding hydrogens is 233 g/mol. The van der Waals surface area contributed by atoms with Crippen LogP contribution in [0.1, 0.15) is 24.4 Å². The van der Waals surface area contributed by atoms with Crippen molar-refractivity contribution in [2.24, 2.45) is 17.6 Å². The molecule has 0 aliphatic heterocycles. The molecule has 0 saturated heterocycles. The molecule has 0 saturated carbocycles. The van der Waals surface area contributed by atoms with Crippen LogP contribution in [-0.4, -0.2) is 12.3 Å². The molecule has 0 bridgehead atoms. The average molecular weight is 249 g/mol. The number of halogens is 1. The van der Waals surface area contributed by atoms with Gasteiger partial charge in [0, 0.05) is 17.8 Å². The van der Waals surface area contributed by atoms with E-state index in [1.165, 1.54) is 18.2 Å². The van der Waals surface area contributed by atoms with E-state index in [9.17, 15) is 9.18 Å². The van der Waals surface area contributed by atoms with Gasteiger partial charge in [0.2, 0.25) is 5.78 Å². The van der Waals surface area contributed by atoms with Gasteiger partial charge in [0.25, 0.3) is 0 Å². The Labute approximate surface area is 105 Å². The van der Waals surface area contributed by atoms with Crippen LogP contribution in [0.5, 0.6) is 0 Å². The van der Waals surface area contributed by atoms with Crippen LogP contribution in [0, 0.1) is 17.7 Å². The smallest absolute Gasteiger partial charge is 0.202 e. The van der Waals surface area contributed by atoms with Gasteiger partial charge in [-0.3, -0.25) is 4.79 Å². The van der Waals surface area contributed by atoms with E-state index in [0.29, 0.717) is 11.0 Å². The van der Waals surface area contributed by atoms with Gasteiger partial charge < -0.3 is 10.2 Å². The molecule has 2 aromatic rings. The summed E-state index contributed by atoms with van der Waals surface area (Å²) in [5.41, 5.74) is 6.12. The maximum atomic E-state index is 13.1. The fraction of sp³-hybridized carbons (Fsp3) is 0.357. The normalized spacial score (nSPS) is 13.2. The van der Waals surface area contributed by atoms with Crippen molar-refractivity contribution in [1.29, 1.82) is 0 Å². The van der Waals surface area contributed by atoms with Crippen molar-refractivity contribution in [3.05, 3.63) is 35.8 Å². The molecule has 1 aromatic heterocycles. The van der Waals surface area contributed by atoms with Crippen molar-refractivity contribution in [2.75, 3.05) is 6.54 Å². The highest BCUT2D eigenvalue weighted by Crippen LogP contribution is 2.24. The maximum Gasteiger partial charge on any atom is 0.202 e. The molecule has 0 aliphatic rings. The van der Waals surface area contributed by atoms with Gasteiger partial charge in [-0.1, -0.05) is 13.8 Å². The van der Waals surface area contributed by atoms with Crippen LogP contribution in [0.4, 0.5) is 4.39 Å². The lowest BCUT2D eigenvalue weighted by molar-refractivity contribution is 0.0865. The fourth-order valence-electron chi connectivity index (χ4n) is 2.00. The Hall–Kier alpha value is -1.68. The molecule has 1 unspecified atom stereocenters. The summed E-state index contributed by atoms with van der Waals surface area (Å²) in [4.78, 5) is 12.2. The second-order valence-electron chi connectivity index (χ2n) is 4.74. The van der Waals surface area contributed by atoms with Gasteiger partial charge >= 0.3 is 0 Å². The standard InChI is InChI=1S/C14H16FNO2/c1-8(2)11(7-16)14(17)13-6-9-5-10(15)3-4-12(9)18-13/h3-6,8,11H,7,16H2,1-2H3. The first kappa shape index (κ1) is 12.8. The van der Waals surface area contributed by atoms with E-state index >= 15 is 0 Å². The van der Waals surface area contributed by atoms with Gasteiger partial charge in [-0.05, 0) is 30.2 Å². The predicted octanol–water partition coefficient (Wildman–Crippen LogP) is 2.99. The van der Waals surface area contributed by atoms with Gasteiger partial charge in [-0.15, -0.1) is 0 Å². The SMILES string of the molecule is CC(C)C(CN)C(=O)c1cc2cc(F)ccc2o1. The first-order valence-corrected chi connectivity index (χ1v) is 5.96. The van der Waals surface area contributed by atoms with Crippen LogP contribution in [0.3, 0.4) is 0 Å². The summed E-state index contributed by atoms with van der Waals surface area (Å²) in [7, 11) is 0. The van der Waals surface area contributed by atoms with Gasteiger partial charge in [-0.2, -0.15) is 0 Å². The molecule has 0 aliphatic carbocycles. The van der Waals surface area contributed by atoms with Crippen molar-refractivity contribution in [3.63, 3.8) is 0 Å². The molecule has 0 spiro atoms. The third-order valence-electron chi connectivity index (χ3n) is 3.12. The number of benzene rings is 1. The number of rotatable bonds is 4. The van der Waals surface area contributed by atoms with Crippen LogP contribution in [0.25, 0.3) is 11.0 Å². The number of hydrogen-bond donors (Lipinski definition) is 1. The van der Waals surface area contributed by atoms with Gasteiger partial charge in [0.05, 0.1) is 0 Å². The minimum atomic E-state index is -0.346. The molecule has 3 nitrogen and oxygen atoms in total. The van der Waals surface area contributed by atoms with E-state index in [0.717, 1.165) is 0 Å². The first-order valence-electron chi connectivity index (χ1n) is 5.96. The van der Waals surface area contributed by atoms with Crippen LogP contribution >= 0.6 is 0 Å². The molecule has 4 heteroatoms. The number of ketones is 1. The van der Waals surface area contributed by atoms with Crippen LogP contribution in [0.2, 0.25) is 0 Å². The Balaban J connectivity index is 2.39. The molecule has 18 heavy (non-hydrogen) atoms. The van der Waals surface area contributed by atoms with Gasteiger partial charge in [0.1, 0.15) is 11.4 Å². The summed E-state index contributed by atoms with van der Waals surface area (Å²) < 4.78 is 18.5. The molecule has 0 radical (unpaired) electrons. The second-order valence-corrected chi connectivity index (χ2v) is 4.74. The number of hydrogen-bond acceptors (Lipinski definition) is 3. The highest BCUT2D eigenvalue weighted by Gasteiger charge is 2.24. The number of carbonyl (C=O) groups is 1. The lowest BCUT2D eigenvalue weighted by Crippen LogP contribution is -2.28. The summed E-state index contributed by atoms with van der Waals surface area (Å²) in [6.07, 6.45) is 0. The Kier molecular flexibility index (Phi) is 3.48. The summed E-state index contributed by atoms with van der Waals surface area (Å²) in [5.74, 6) is -0.340. The second kappa shape index (κ2) is 4.90. The molecule has 1 aromatic carbocycles. The van der Waals surface area contributed by atoms with Crippen LogP contribution < -0.4 is 5.73 Å². The predicted molar refractivity (Wildman–Crippen MR) is 67.9 cm³/mol. The molecule has 1 heterocycles. The van der Waals surface area contributed by atoms with Gasteiger partial charge in [0.15, 0.2) is 5.76 Å². The molecule has 2 rings (SSSR count). The van der Waals surface area contributed by atoms with Crippen molar-refractivity contribution < 1.29 is 13.6 Å². The van der Waals surface area contributed by atoms with E-state index in [1.807, 2.05) is 13.8 Å². The first-order chi connectivity index (χ1) is 8.52. The third-order valence-corrected chi connectivity index (χ3v) is 3.12. The number of Topliss-reactive ketones (excluding diaryl/α,β-unsaturated/α-hetero) is 1. The van der Waals surface area contributed by atoms with Gasteiger partial charge in [-0.25, -0.2) is 4.39 Å². The van der Waals surface area contributed by atoms with E-state index in [4.69, 9.17) is 10.2 Å². The van der Waals surface area contributed by atoms with E-state index in [1.54, 1.807) is 6.07 Å². The number of fused-ring (bicyclic) bond motifs is 1. The Morgan fingerprint density at radius 1 is 1.39 bits per heavy atom. The maximum absolute atomic E-state index is 13.1. The van der Waals surface area contributed by atoms with Crippen molar-refractivity contribution in [3.8, 4) is 0 Å². The van der Waals surface area contributed by atoms with Crippen molar-refractivity contribution in [2.45, 2.75) is 13.8 Å². The van der Waals surface area contributed by atoms with Crippen molar-refractivity contribution in [1.82, 2.24) is 0 Å². The minimum absolute atomic E-state index is 0.121. The molecule has 0 amide bonds. The Bertz CT molecular complexity index is 574. The van der Waals surface area contributed by atoms with Crippen LogP contribution in [0.15, 0.2) is 28.7 Å². The fourth-order valence-corrected chi connectivity index (χ4v) is 2.00. The highest BCUT2D eigenvalue weighted by atomic mass is 19.1. The monoisotopic (exact) mass is 249 g/mol. The quantitative estimate of drug-likeness (QED) is 0.847. The zero-order chi connectivity index (χ0) is 13.3. The van der Waals surface area contributed by atoms with Crippen molar-refractivity contribution >= 4 is 16.8 Å². The zero-order valence-electron chi connectivity index (χ0n) is 10.4. The zero-order valence-corrected chi connectivity index (χ0v) is 10.4. The summed E-state index contributed by atoms with van der Waals surface area (Å²) in [6.45, 7) is 4.16. The van der Waals surface area contributed by atoms with E-state index in [2.05, 4.69) is 0 Å². The lowest BCUT2D eigenvalue weighted by atomic mass is 9.90. The molecular formula is C14H16FNO2. The largest absolute Gasteiger partial charge is 0.453 e. The molecule has 0 fully saturated rings. The third kappa shape index (κ3) is 2.29. The number of carbonyl (C=O) groups excluding carboxylic acids is 1. The topological polar surface area (TPSA) is 56.2 Å². The molecule has 96 valence electrons. The Morgan fingerprint density at radius 2 is 2.11 bits per heavy atom. The summed E-state index contributed by atoms with van der Waals surface area (Å²) in [6, 6.07) is 5.76. The molecule has 2 N–H and O–H groups in total. The highest BCUT2D eigenvalue weighted by molar-refractivity contribution is 5.99. The van der Waals surface area contributed by atoms with Crippen LogP contribution in [-0.2, 0) is 0 Å².